The van der Waals surface area contributed by atoms with Crippen molar-refractivity contribution in [1.82, 2.24) is 0 Å². The molecule has 0 aromatic rings. The van der Waals surface area contributed by atoms with Crippen LogP contribution in [0, 0.1) is 10.8 Å². The summed E-state index contributed by atoms with van der Waals surface area (Å²) in [4.78, 5) is 0. The molecule has 0 spiro atoms. The van der Waals surface area contributed by atoms with Gasteiger partial charge in [0.15, 0.2) is 0 Å². The van der Waals surface area contributed by atoms with E-state index in [1.807, 2.05) is 0 Å². The zero-order valence-corrected chi connectivity index (χ0v) is 10.3. The minimum Gasteiger partial charge on any atom is -0.386 e. The molecule has 0 aromatic heterocycles. The van der Waals surface area contributed by atoms with E-state index in [0.29, 0.717) is 0 Å². The highest BCUT2D eigenvalue weighted by molar-refractivity contribution is 5.87. The zero-order chi connectivity index (χ0) is 11.6. The topological polar surface area (TPSA) is 124 Å². The number of amidine groups is 2. The predicted octanol–water partition coefficient (Wildman–Crippen LogP) is 1.29. The fourth-order valence-corrected chi connectivity index (χ4v) is 0.358. The van der Waals surface area contributed by atoms with Crippen LogP contribution in [-0.2, 0) is 0 Å². The van der Waals surface area contributed by atoms with Crippen molar-refractivity contribution in [3.8, 4) is 0 Å². The molecular weight excluding hydrogens is 216 g/mol. The highest BCUT2D eigenvalue weighted by Gasteiger charge is 2.25. The van der Waals surface area contributed by atoms with Crippen molar-refractivity contribution >= 4 is 24.1 Å². The number of azo groups is 1. The molecule has 0 saturated heterocycles. The Morgan fingerprint density at radius 3 is 1.20 bits per heavy atom. The molecule has 0 unspecified atom stereocenters. The third-order valence-corrected chi connectivity index (χ3v) is 1.87. The number of hydrogen-bond donors (Lipinski definition) is 4. The Hall–Kier alpha value is -1.17. The maximum absolute atomic E-state index is 7.25. The van der Waals surface area contributed by atoms with Crippen molar-refractivity contribution in [3.63, 3.8) is 0 Å². The second-order valence-corrected chi connectivity index (χ2v) is 4.15. The Labute approximate surface area is 95.9 Å². The maximum atomic E-state index is 7.25. The van der Waals surface area contributed by atoms with Gasteiger partial charge in [0.05, 0.1) is 0 Å². The van der Waals surface area contributed by atoms with Gasteiger partial charge < -0.3 is 11.5 Å². The van der Waals surface area contributed by atoms with Crippen LogP contribution in [0.15, 0.2) is 10.2 Å². The Bertz CT molecular complexity index is 253. The molecule has 0 fully saturated rings. The fourth-order valence-electron chi connectivity index (χ4n) is 0.358. The third-order valence-electron chi connectivity index (χ3n) is 1.87. The summed E-state index contributed by atoms with van der Waals surface area (Å²) < 4.78 is 0. The van der Waals surface area contributed by atoms with Gasteiger partial charge in [-0.05, 0) is 27.7 Å². The summed E-state index contributed by atoms with van der Waals surface area (Å²) in [5.41, 5.74) is 8.96. The zero-order valence-electron chi connectivity index (χ0n) is 9.46. The van der Waals surface area contributed by atoms with Crippen LogP contribution in [0.25, 0.3) is 0 Å². The molecule has 7 heteroatoms. The van der Waals surface area contributed by atoms with Crippen LogP contribution < -0.4 is 11.5 Å². The van der Waals surface area contributed by atoms with Crippen LogP contribution >= 0.6 is 12.4 Å². The molecule has 88 valence electrons. The Kier molecular flexibility index (Phi) is 5.49. The first-order valence-corrected chi connectivity index (χ1v) is 4.22. The summed E-state index contributed by atoms with van der Waals surface area (Å²) in [6.07, 6.45) is 0. The predicted molar refractivity (Wildman–Crippen MR) is 64.1 cm³/mol. The molecule has 0 radical (unpaired) electrons. The molecule has 6 N–H and O–H groups in total. The van der Waals surface area contributed by atoms with E-state index in [1.54, 1.807) is 27.7 Å². The van der Waals surface area contributed by atoms with E-state index >= 15 is 0 Å². The average molecular weight is 235 g/mol. The molecule has 0 amide bonds. The fraction of sp³-hybridized carbons (Fsp3) is 0.750. The van der Waals surface area contributed by atoms with Gasteiger partial charge in [-0.25, -0.2) is 0 Å². The lowest BCUT2D eigenvalue weighted by atomic mass is 10.1. The first-order valence-electron chi connectivity index (χ1n) is 4.22. The summed E-state index contributed by atoms with van der Waals surface area (Å²) in [5.74, 6) is -0.138. The van der Waals surface area contributed by atoms with Crippen molar-refractivity contribution in [3.05, 3.63) is 0 Å². The van der Waals surface area contributed by atoms with Gasteiger partial charge in [0.25, 0.3) is 0 Å². The van der Waals surface area contributed by atoms with E-state index in [1.165, 1.54) is 0 Å². The van der Waals surface area contributed by atoms with Gasteiger partial charge in [-0.1, -0.05) is 0 Å². The quantitative estimate of drug-likeness (QED) is 0.332. The number of hydrogen-bond acceptors (Lipinski definition) is 4. The van der Waals surface area contributed by atoms with Gasteiger partial charge in [-0.15, -0.1) is 12.4 Å². The van der Waals surface area contributed by atoms with Crippen LogP contribution in [0.2, 0.25) is 0 Å². The summed E-state index contributed by atoms with van der Waals surface area (Å²) in [6.45, 7) is 6.70. The van der Waals surface area contributed by atoms with Crippen molar-refractivity contribution in [2.75, 3.05) is 0 Å². The van der Waals surface area contributed by atoms with Crippen molar-refractivity contribution in [1.29, 1.82) is 10.8 Å². The normalized spacial score (nSPS) is 12.3. The molecular formula is C8H19ClN6. The molecule has 0 heterocycles. The molecule has 15 heavy (non-hydrogen) atoms. The van der Waals surface area contributed by atoms with Gasteiger partial charge >= 0.3 is 0 Å². The number of rotatable bonds is 4. The highest BCUT2D eigenvalue weighted by Crippen LogP contribution is 2.15. The maximum Gasteiger partial charge on any atom is 0.132 e. The minimum atomic E-state index is -0.841. The molecule has 0 atom stereocenters. The SMILES string of the molecule is CC(C)(N=NC(C)(C)C(=N)N)C(=N)N.Cl. The van der Waals surface area contributed by atoms with Crippen LogP contribution in [0.3, 0.4) is 0 Å². The summed E-state index contributed by atoms with van der Waals surface area (Å²) in [5, 5.41) is 22.3. The third kappa shape index (κ3) is 4.73. The monoisotopic (exact) mass is 234 g/mol. The largest absolute Gasteiger partial charge is 0.386 e. The Balaban J connectivity index is 0. The summed E-state index contributed by atoms with van der Waals surface area (Å²) in [6, 6.07) is 0. The lowest BCUT2D eigenvalue weighted by Crippen LogP contribution is -2.38. The van der Waals surface area contributed by atoms with E-state index in [2.05, 4.69) is 10.2 Å². The first-order chi connectivity index (χ1) is 6.09. The van der Waals surface area contributed by atoms with Crippen molar-refractivity contribution < 1.29 is 0 Å². The van der Waals surface area contributed by atoms with E-state index in [0.717, 1.165) is 0 Å². The first kappa shape index (κ1) is 16.3. The lowest BCUT2D eigenvalue weighted by Gasteiger charge is -2.20. The van der Waals surface area contributed by atoms with E-state index < -0.39 is 11.1 Å². The highest BCUT2D eigenvalue weighted by atomic mass is 35.5. The Morgan fingerprint density at radius 2 is 1.07 bits per heavy atom. The van der Waals surface area contributed by atoms with Crippen LogP contribution in [0.5, 0.6) is 0 Å². The molecule has 6 nitrogen and oxygen atoms in total. The molecule has 0 aliphatic heterocycles. The van der Waals surface area contributed by atoms with Gasteiger partial charge in [0, 0.05) is 0 Å². The van der Waals surface area contributed by atoms with E-state index in [9.17, 15) is 0 Å². The second-order valence-electron chi connectivity index (χ2n) is 4.15. The lowest BCUT2D eigenvalue weighted by molar-refractivity contribution is 0.557. The summed E-state index contributed by atoms with van der Waals surface area (Å²) in [7, 11) is 0. The minimum absolute atomic E-state index is 0. The van der Waals surface area contributed by atoms with Gasteiger partial charge in [0.1, 0.15) is 22.7 Å². The van der Waals surface area contributed by atoms with E-state index in [-0.39, 0.29) is 24.1 Å². The average Bonchev–Trinajstić information content (AvgIpc) is 2.01. The molecule has 0 aromatic carbocycles. The van der Waals surface area contributed by atoms with E-state index in [4.69, 9.17) is 22.3 Å². The molecule has 0 aliphatic carbocycles. The smallest absolute Gasteiger partial charge is 0.132 e. The molecule has 0 rings (SSSR count). The van der Waals surface area contributed by atoms with Gasteiger partial charge in [-0.3, -0.25) is 10.8 Å². The van der Waals surface area contributed by atoms with Gasteiger partial charge in [-0.2, -0.15) is 10.2 Å². The van der Waals surface area contributed by atoms with Gasteiger partial charge in [0.2, 0.25) is 0 Å². The number of halogens is 1. The molecule has 0 aliphatic rings. The van der Waals surface area contributed by atoms with Crippen LogP contribution in [0.4, 0.5) is 0 Å². The number of nitrogens with one attached hydrogen (secondary N) is 2. The molecule has 0 bridgehead atoms. The number of nitrogens with zero attached hydrogens (tertiary/aromatic N) is 2. The van der Waals surface area contributed by atoms with Crippen molar-refractivity contribution in [2.24, 2.45) is 21.7 Å². The second kappa shape index (κ2) is 5.06. The number of nitrogens with two attached hydrogens (primary N) is 2. The summed E-state index contributed by atoms with van der Waals surface area (Å²) >= 11 is 0. The van der Waals surface area contributed by atoms with Crippen LogP contribution in [-0.4, -0.2) is 22.7 Å². The van der Waals surface area contributed by atoms with Crippen molar-refractivity contribution in [2.45, 2.75) is 38.8 Å². The van der Waals surface area contributed by atoms with Crippen LogP contribution in [0.1, 0.15) is 27.7 Å². The molecule has 0 saturated carbocycles. The standard InChI is InChI=1S/C8H18N6.ClH/c1-7(2,5(9)10)13-14-8(3,4)6(11)12;/h1-4H3,(H3,9,10)(H3,11,12);1H. The Morgan fingerprint density at radius 1 is 0.867 bits per heavy atom.